The molecule has 2 unspecified atom stereocenters. The van der Waals surface area contributed by atoms with Crippen molar-refractivity contribution in [3.05, 3.63) is 29.6 Å². The molecule has 0 radical (unpaired) electrons. The predicted octanol–water partition coefficient (Wildman–Crippen LogP) is 1.06. The van der Waals surface area contributed by atoms with E-state index in [0.29, 0.717) is 24.4 Å². The highest BCUT2D eigenvalue weighted by atomic mass is 16.5. The molecular weight excluding hydrogens is 268 g/mol. The number of amides is 1. The highest BCUT2D eigenvalue weighted by Crippen LogP contribution is 2.18. The van der Waals surface area contributed by atoms with Crippen LogP contribution in [0.4, 0.5) is 0 Å². The van der Waals surface area contributed by atoms with Gasteiger partial charge in [-0.25, -0.2) is 4.98 Å². The molecule has 5 nitrogen and oxygen atoms in total. The lowest BCUT2D eigenvalue weighted by atomic mass is 10.1. The number of aromatic nitrogens is 1. The average Bonchev–Trinajstić information content (AvgIpc) is 2.52. The van der Waals surface area contributed by atoms with Crippen molar-refractivity contribution in [2.45, 2.75) is 32.4 Å². The molecule has 1 aliphatic heterocycles. The Morgan fingerprint density at radius 3 is 3.14 bits per heavy atom. The monoisotopic (exact) mass is 288 g/mol. The SMILES string of the molecule is CCC1COC(C)CN1C(=O)c1ncccc1C#CCO. The Bertz CT molecular complexity index is 562. The summed E-state index contributed by atoms with van der Waals surface area (Å²) in [7, 11) is 0. The number of nitrogens with zero attached hydrogens (tertiary/aromatic N) is 2. The van der Waals surface area contributed by atoms with Crippen molar-refractivity contribution < 1.29 is 14.6 Å². The third kappa shape index (κ3) is 3.60. The molecule has 2 heterocycles. The minimum absolute atomic E-state index is 0.0208. The van der Waals surface area contributed by atoms with Crippen LogP contribution in [-0.4, -0.2) is 52.8 Å². The standard InChI is InChI=1S/C16H20N2O3/c1-3-14-11-21-12(2)10-18(14)16(20)15-13(7-5-9-19)6-4-8-17-15/h4,6,8,12,14,19H,3,9-11H2,1-2H3. The molecule has 1 aliphatic rings. The number of pyridine rings is 1. The van der Waals surface area contributed by atoms with Crippen molar-refractivity contribution in [3.63, 3.8) is 0 Å². The van der Waals surface area contributed by atoms with E-state index in [1.54, 1.807) is 18.3 Å². The second-order valence-electron chi connectivity index (χ2n) is 5.02. The van der Waals surface area contributed by atoms with Crippen molar-refractivity contribution in [3.8, 4) is 11.8 Å². The van der Waals surface area contributed by atoms with Crippen molar-refractivity contribution in [2.24, 2.45) is 0 Å². The predicted molar refractivity (Wildman–Crippen MR) is 78.7 cm³/mol. The molecule has 5 heteroatoms. The maximum Gasteiger partial charge on any atom is 0.274 e. The molecule has 112 valence electrons. The van der Waals surface area contributed by atoms with Gasteiger partial charge in [0.15, 0.2) is 0 Å². The van der Waals surface area contributed by atoms with Crippen LogP contribution in [0.3, 0.4) is 0 Å². The van der Waals surface area contributed by atoms with Gasteiger partial charge in [-0.2, -0.15) is 0 Å². The molecule has 2 rings (SSSR count). The van der Waals surface area contributed by atoms with E-state index < -0.39 is 0 Å². The van der Waals surface area contributed by atoms with Crippen LogP contribution in [-0.2, 0) is 4.74 Å². The van der Waals surface area contributed by atoms with E-state index in [2.05, 4.69) is 16.8 Å². The van der Waals surface area contributed by atoms with E-state index in [1.807, 2.05) is 18.7 Å². The van der Waals surface area contributed by atoms with Gasteiger partial charge in [-0.1, -0.05) is 18.8 Å². The number of hydrogen-bond acceptors (Lipinski definition) is 4. The van der Waals surface area contributed by atoms with Crippen LogP contribution in [0.15, 0.2) is 18.3 Å². The molecule has 0 spiro atoms. The molecule has 0 aromatic carbocycles. The number of morpholine rings is 1. The Labute approximate surface area is 124 Å². The third-order valence-electron chi connectivity index (χ3n) is 3.51. The van der Waals surface area contributed by atoms with Crippen LogP contribution >= 0.6 is 0 Å². The summed E-state index contributed by atoms with van der Waals surface area (Å²) >= 11 is 0. The van der Waals surface area contributed by atoms with Gasteiger partial charge in [-0.3, -0.25) is 4.79 Å². The Morgan fingerprint density at radius 2 is 2.43 bits per heavy atom. The largest absolute Gasteiger partial charge is 0.384 e. The van der Waals surface area contributed by atoms with Crippen LogP contribution < -0.4 is 0 Å². The minimum Gasteiger partial charge on any atom is -0.384 e. The number of rotatable bonds is 2. The molecule has 2 atom stereocenters. The zero-order valence-electron chi connectivity index (χ0n) is 12.4. The lowest BCUT2D eigenvalue weighted by molar-refractivity contribution is -0.0446. The van der Waals surface area contributed by atoms with Gasteiger partial charge < -0.3 is 14.7 Å². The minimum atomic E-state index is -0.241. The molecule has 1 amide bonds. The smallest absolute Gasteiger partial charge is 0.274 e. The molecule has 1 N–H and O–H groups in total. The lowest BCUT2D eigenvalue weighted by Gasteiger charge is -2.38. The number of aliphatic hydroxyl groups is 1. The summed E-state index contributed by atoms with van der Waals surface area (Å²) in [5.74, 6) is 5.23. The molecular formula is C16H20N2O3. The highest BCUT2D eigenvalue weighted by Gasteiger charge is 2.31. The van der Waals surface area contributed by atoms with Crippen molar-refractivity contribution in [1.82, 2.24) is 9.88 Å². The number of hydrogen-bond donors (Lipinski definition) is 1. The van der Waals surface area contributed by atoms with Gasteiger partial charge in [-0.15, -0.1) is 0 Å². The van der Waals surface area contributed by atoms with E-state index in [4.69, 9.17) is 9.84 Å². The van der Waals surface area contributed by atoms with E-state index in [-0.39, 0.29) is 24.7 Å². The summed E-state index contributed by atoms with van der Waals surface area (Å²) in [6.07, 6.45) is 2.44. The van der Waals surface area contributed by atoms with Gasteiger partial charge >= 0.3 is 0 Å². The molecule has 1 aromatic heterocycles. The number of carbonyl (C=O) groups is 1. The Balaban J connectivity index is 2.30. The molecule has 1 aromatic rings. The van der Waals surface area contributed by atoms with E-state index >= 15 is 0 Å². The molecule has 0 aliphatic carbocycles. The first-order chi connectivity index (χ1) is 10.2. The highest BCUT2D eigenvalue weighted by molar-refractivity contribution is 5.95. The second kappa shape index (κ2) is 7.21. The van der Waals surface area contributed by atoms with Gasteiger partial charge in [0.2, 0.25) is 0 Å². The first-order valence-corrected chi connectivity index (χ1v) is 7.14. The molecule has 21 heavy (non-hydrogen) atoms. The Kier molecular flexibility index (Phi) is 5.32. The van der Waals surface area contributed by atoms with Crippen LogP contribution in [0.5, 0.6) is 0 Å². The van der Waals surface area contributed by atoms with Crippen molar-refractivity contribution in [1.29, 1.82) is 0 Å². The average molecular weight is 288 g/mol. The summed E-state index contributed by atoms with van der Waals surface area (Å²) in [5, 5.41) is 8.81. The maximum absolute atomic E-state index is 12.8. The summed E-state index contributed by atoms with van der Waals surface area (Å²) in [6, 6.07) is 3.54. The van der Waals surface area contributed by atoms with Crippen molar-refractivity contribution >= 4 is 5.91 Å². The summed E-state index contributed by atoms with van der Waals surface area (Å²) in [4.78, 5) is 18.8. The summed E-state index contributed by atoms with van der Waals surface area (Å²) in [6.45, 7) is 4.86. The second-order valence-corrected chi connectivity index (χ2v) is 5.02. The fourth-order valence-corrected chi connectivity index (χ4v) is 2.38. The first kappa shape index (κ1) is 15.5. The summed E-state index contributed by atoms with van der Waals surface area (Å²) in [5.41, 5.74) is 0.886. The number of carbonyl (C=O) groups excluding carboxylic acids is 1. The van der Waals surface area contributed by atoms with Gasteiger partial charge in [0.1, 0.15) is 12.3 Å². The van der Waals surface area contributed by atoms with Crippen molar-refractivity contribution in [2.75, 3.05) is 19.8 Å². The Hall–Kier alpha value is -1.90. The van der Waals surface area contributed by atoms with Gasteiger partial charge in [0.25, 0.3) is 5.91 Å². The van der Waals surface area contributed by atoms with E-state index in [0.717, 1.165) is 6.42 Å². The van der Waals surface area contributed by atoms with Gasteiger partial charge in [0, 0.05) is 12.7 Å². The first-order valence-electron chi connectivity index (χ1n) is 7.14. The van der Waals surface area contributed by atoms with E-state index in [1.165, 1.54) is 0 Å². The van der Waals surface area contributed by atoms with Gasteiger partial charge in [0.05, 0.1) is 24.3 Å². The van der Waals surface area contributed by atoms with Gasteiger partial charge in [-0.05, 0) is 25.5 Å². The van der Waals surface area contributed by atoms with Crippen LogP contribution in [0, 0.1) is 11.8 Å². The maximum atomic E-state index is 12.8. The Morgan fingerprint density at radius 1 is 1.62 bits per heavy atom. The van der Waals surface area contributed by atoms with E-state index in [9.17, 15) is 4.79 Å². The van der Waals surface area contributed by atoms with Crippen LogP contribution in [0.25, 0.3) is 0 Å². The fraction of sp³-hybridized carbons (Fsp3) is 0.500. The lowest BCUT2D eigenvalue weighted by Crippen LogP contribution is -2.51. The molecule has 1 saturated heterocycles. The normalized spacial score (nSPS) is 21.6. The third-order valence-corrected chi connectivity index (χ3v) is 3.51. The zero-order valence-corrected chi connectivity index (χ0v) is 12.4. The number of ether oxygens (including phenoxy) is 1. The molecule has 0 saturated carbocycles. The summed E-state index contributed by atoms with van der Waals surface area (Å²) < 4.78 is 5.62. The van der Waals surface area contributed by atoms with Crippen LogP contribution in [0.2, 0.25) is 0 Å². The number of aliphatic hydroxyl groups excluding tert-OH is 1. The fourth-order valence-electron chi connectivity index (χ4n) is 2.38. The molecule has 1 fully saturated rings. The molecule has 0 bridgehead atoms. The van der Waals surface area contributed by atoms with Crippen LogP contribution in [0.1, 0.15) is 36.3 Å². The topological polar surface area (TPSA) is 62.7 Å². The zero-order chi connectivity index (χ0) is 15.2. The quantitative estimate of drug-likeness (QED) is 0.827.